The highest BCUT2D eigenvalue weighted by Gasteiger charge is 2.44. The van der Waals surface area contributed by atoms with Crippen LogP contribution in [-0.2, 0) is 4.79 Å². The number of piperidine rings is 1. The van der Waals surface area contributed by atoms with Crippen molar-refractivity contribution in [3.05, 3.63) is 30.1 Å². The lowest BCUT2D eigenvalue weighted by Crippen LogP contribution is -2.46. The average Bonchev–Trinajstić information content (AvgIpc) is 2.90. The second-order valence-corrected chi connectivity index (χ2v) is 11.1. The molecule has 0 N–H and O–H groups in total. The van der Waals surface area contributed by atoms with Gasteiger partial charge in [0.05, 0.1) is 12.2 Å². The van der Waals surface area contributed by atoms with Crippen LogP contribution in [-0.4, -0.2) is 63.0 Å². The van der Waals surface area contributed by atoms with Crippen LogP contribution in [0.25, 0.3) is 0 Å². The van der Waals surface area contributed by atoms with E-state index >= 15 is 0 Å². The molecule has 0 spiro atoms. The first kappa shape index (κ1) is 21.7. The normalized spacial score (nSPS) is 21.7. The summed E-state index contributed by atoms with van der Waals surface area (Å²) < 4.78 is 13.5. The first-order valence-corrected chi connectivity index (χ1v) is 10.9. The van der Waals surface area contributed by atoms with Gasteiger partial charge in [-0.3, -0.25) is 19.6 Å². The number of amidine groups is 1. The van der Waals surface area contributed by atoms with Gasteiger partial charge in [-0.2, -0.15) is 0 Å². The van der Waals surface area contributed by atoms with Crippen LogP contribution in [0.3, 0.4) is 0 Å². The third kappa shape index (κ3) is 4.27. The summed E-state index contributed by atoms with van der Waals surface area (Å²) in [5.74, 6) is -1.34. The Morgan fingerprint density at radius 2 is 1.86 bits per heavy atom. The summed E-state index contributed by atoms with van der Waals surface area (Å²) in [6, 6.07) is 5.12. The quantitative estimate of drug-likeness (QED) is 0.322. The van der Waals surface area contributed by atoms with E-state index in [0.29, 0.717) is 0 Å². The minimum absolute atomic E-state index is 0.0165. The molecular weight excluding hydrogens is 518 g/mol. The molecule has 0 radical (unpaired) electrons. The number of alkyl halides is 3. The summed E-state index contributed by atoms with van der Waals surface area (Å²) in [5.41, 5.74) is -0.429. The highest BCUT2D eigenvalue weighted by atomic mass is 79.9. The number of hydrogen-bond acceptors (Lipinski definition) is 4. The number of hydrogen-bond donors (Lipinski definition) is 0. The SMILES string of the molecule is CN1C(=O)C(=NCC(Br)(Br)C(Cl)N2CCCCC2)N(c2ccccc2F)C1=O. The molecule has 2 aliphatic heterocycles. The zero-order chi connectivity index (χ0) is 20.5. The maximum absolute atomic E-state index is 14.3. The molecule has 0 bridgehead atoms. The number of halogens is 4. The molecule has 0 aliphatic carbocycles. The van der Waals surface area contributed by atoms with E-state index < -0.39 is 26.5 Å². The number of likely N-dealkylation sites (tertiary alicyclic amines) is 1. The molecule has 3 rings (SSSR count). The fourth-order valence-electron chi connectivity index (χ4n) is 3.23. The number of urea groups is 1. The number of rotatable bonds is 5. The second kappa shape index (κ2) is 8.77. The fraction of sp³-hybridized carbons (Fsp3) is 0.500. The molecule has 3 amide bonds. The van der Waals surface area contributed by atoms with Crippen LogP contribution in [0.5, 0.6) is 0 Å². The number of benzene rings is 1. The van der Waals surface area contributed by atoms with Gasteiger partial charge in [-0.1, -0.05) is 50.4 Å². The highest BCUT2D eigenvalue weighted by molar-refractivity contribution is 9.25. The average molecular weight is 539 g/mol. The molecule has 28 heavy (non-hydrogen) atoms. The van der Waals surface area contributed by atoms with Gasteiger partial charge < -0.3 is 0 Å². The number of carbonyl (C=O) groups is 2. The van der Waals surface area contributed by atoms with Gasteiger partial charge in [0.25, 0.3) is 5.91 Å². The number of imide groups is 1. The topological polar surface area (TPSA) is 56.2 Å². The minimum atomic E-state index is -0.808. The summed E-state index contributed by atoms with van der Waals surface area (Å²) in [5, 5.41) is 0. The molecular formula is C18H20Br2ClFN4O2. The maximum Gasteiger partial charge on any atom is 0.337 e. The van der Waals surface area contributed by atoms with E-state index in [9.17, 15) is 14.0 Å². The van der Waals surface area contributed by atoms with E-state index in [0.717, 1.165) is 35.7 Å². The number of aliphatic imine (C=N–C) groups is 1. The van der Waals surface area contributed by atoms with Crippen molar-refractivity contribution in [3.63, 3.8) is 0 Å². The van der Waals surface area contributed by atoms with Crippen LogP contribution < -0.4 is 4.90 Å². The third-order valence-electron chi connectivity index (χ3n) is 4.78. The molecule has 0 saturated carbocycles. The van der Waals surface area contributed by atoms with Crippen molar-refractivity contribution in [2.45, 2.75) is 28.0 Å². The Morgan fingerprint density at radius 1 is 1.21 bits per heavy atom. The maximum atomic E-state index is 14.3. The van der Waals surface area contributed by atoms with E-state index in [1.807, 2.05) is 0 Å². The largest absolute Gasteiger partial charge is 0.337 e. The molecule has 152 valence electrons. The van der Waals surface area contributed by atoms with Crippen molar-refractivity contribution in [1.29, 1.82) is 0 Å². The lowest BCUT2D eigenvalue weighted by molar-refractivity contribution is -0.119. The predicted octanol–water partition coefficient (Wildman–Crippen LogP) is 4.16. The number of carbonyl (C=O) groups excluding carboxylic acids is 2. The standard InChI is InChI=1S/C18H20Br2ClFN4O2/c1-24-15(27)14(26(17(24)28)13-8-4-3-7-12(13)22)23-11-18(19,20)16(21)25-9-5-2-6-10-25/h3-4,7-8,16H,2,5-6,9-11H2,1H3. The van der Waals surface area contributed by atoms with Crippen LogP contribution >= 0.6 is 43.5 Å². The lowest BCUT2D eigenvalue weighted by Gasteiger charge is -2.37. The summed E-state index contributed by atoms with van der Waals surface area (Å²) in [7, 11) is 1.34. The highest BCUT2D eigenvalue weighted by Crippen LogP contribution is 2.37. The number of amides is 3. The number of para-hydroxylation sites is 1. The van der Waals surface area contributed by atoms with Crippen molar-refractivity contribution in [2.24, 2.45) is 4.99 Å². The molecule has 10 heteroatoms. The van der Waals surface area contributed by atoms with Crippen molar-refractivity contribution in [1.82, 2.24) is 9.80 Å². The first-order valence-electron chi connectivity index (χ1n) is 8.91. The summed E-state index contributed by atoms with van der Waals surface area (Å²) in [4.78, 5) is 33.4. The van der Waals surface area contributed by atoms with E-state index in [-0.39, 0.29) is 18.1 Å². The Kier molecular flexibility index (Phi) is 6.79. The van der Waals surface area contributed by atoms with Crippen LogP contribution in [0.15, 0.2) is 29.3 Å². The Bertz CT molecular complexity index is 802. The zero-order valence-corrected chi connectivity index (χ0v) is 19.2. The summed E-state index contributed by atoms with van der Waals surface area (Å²) in [6.07, 6.45) is 3.33. The monoisotopic (exact) mass is 536 g/mol. The molecule has 2 fully saturated rings. The van der Waals surface area contributed by atoms with Gasteiger partial charge in [-0.05, 0) is 38.1 Å². The van der Waals surface area contributed by atoms with Gasteiger partial charge in [0.15, 0.2) is 0 Å². The van der Waals surface area contributed by atoms with E-state index in [1.165, 1.54) is 31.7 Å². The molecule has 1 aromatic carbocycles. The van der Waals surface area contributed by atoms with Crippen molar-refractivity contribution in [2.75, 3.05) is 31.6 Å². The Morgan fingerprint density at radius 3 is 2.50 bits per heavy atom. The summed E-state index contributed by atoms with van der Waals surface area (Å²) >= 11 is 13.8. The van der Waals surface area contributed by atoms with Crippen molar-refractivity contribution in [3.8, 4) is 0 Å². The minimum Gasteiger partial charge on any atom is -0.286 e. The predicted molar refractivity (Wildman–Crippen MR) is 115 cm³/mol. The lowest BCUT2D eigenvalue weighted by atomic mass is 10.1. The zero-order valence-electron chi connectivity index (χ0n) is 15.2. The Labute approximate surface area is 185 Å². The molecule has 2 saturated heterocycles. The molecule has 1 unspecified atom stereocenters. The Hall–Kier alpha value is -1.03. The van der Waals surface area contributed by atoms with Gasteiger partial charge in [0.1, 0.15) is 14.6 Å². The Balaban J connectivity index is 1.86. The van der Waals surface area contributed by atoms with Crippen LogP contribution in [0, 0.1) is 5.82 Å². The van der Waals surface area contributed by atoms with E-state index in [4.69, 9.17) is 11.6 Å². The fourth-order valence-corrected chi connectivity index (χ4v) is 4.32. The number of anilines is 1. The second-order valence-electron chi connectivity index (χ2n) is 6.77. The van der Waals surface area contributed by atoms with E-state index in [2.05, 4.69) is 41.8 Å². The van der Waals surface area contributed by atoms with Gasteiger partial charge >= 0.3 is 6.03 Å². The van der Waals surface area contributed by atoms with Crippen LogP contribution in [0.1, 0.15) is 19.3 Å². The summed E-state index contributed by atoms with van der Waals surface area (Å²) in [6.45, 7) is 1.83. The van der Waals surface area contributed by atoms with Gasteiger partial charge in [-0.15, -0.1) is 11.6 Å². The van der Waals surface area contributed by atoms with Gasteiger partial charge in [-0.25, -0.2) is 14.1 Å². The van der Waals surface area contributed by atoms with Gasteiger partial charge in [0, 0.05) is 7.05 Å². The smallest absolute Gasteiger partial charge is 0.286 e. The molecule has 1 aromatic rings. The molecule has 1 atom stereocenters. The van der Waals surface area contributed by atoms with Gasteiger partial charge in [0.2, 0.25) is 5.84 Å². The molecule has 6 nitrogen and oxygen atoms in total. The third-order valence-corrected chi connectivity index (χ3v) is 7.32. The number of nitrogens with zero attached hydrogens (tertiary/aromatic N) is 4. The van der Waals surface area contributed by atoms with E-state index in [1.54, 1.807) is 6.07 Å². The molecule has 0 aromatic heterocycles. The van der Waals surface area contributed by atoms with Crippen LogP contribution in [0.4, 0.5) is 14.9 Å². The molecule has 2 aliphatic rings. The number of likely N-dealkylation sites (N-methyl/N-ethyl adjacent to an activating group) is 1. The van der Waals surface area contributed by atoms with Crippen molar-refractivity contribution < 1.29 is 14.0 Å². The van der Waals surface area contributed by atoms with Crippen molar-refractivity contribution >= 4 is 66.9 Å². The first-order chi connectivity index (χ1) is 13.2. The van der Waals surface area contributed by atoms with Crippen LogP contribution in [0.2, 0.25) is 0 Å². The molecule has 2 heterocycles.